The Morgan fingerprint density at radius 3 is 1.72 bits per heavy atom. The van der Waals surface area contributed by atoms with Gasteiger partial charge in [-0.2, -0.15) is 0 Å². The molecular weight excluding hydrogens is 1700 g/mol. The minimum Gasteiger partial charge on any atom is -0.508 e. The van der Waals surface area contributed by atoms with Gasteiger partial charge in [-0.3, -0.25) is 81.5 Å². The summed E-state index contributed by atoms with van der Waals surface area (Å²) >= 11 is 0.795. The summed E-state index contributed by atoms with van der Waals surface area (Å²) in [6.45, 7) is 10.7. The SMILES string of the molecule is CCCC[C@H]1C(=O)N(C)[C@@H](CCCC)C(=O)N[C@@H](CC(C)C)C(=O)N[C@H](C(=O)NCC(N)=O)CSCC(=O)N[C@@H](Cc2ccc(O)cc2)C(=O)N(C)[C@@H](C)C(=O)N[C@@H](CC(N)=O)C(=O)N2CCC[C@H]2C(=O)N[C@@H](CN)C(=O)N[C@@H](CC(C)C)C(=O)N2C[C@H](O)CC2C(=O)N[C@@H]([C@@H](C)c2c[nH]c3ccccc23)C(=O)N[C@@H](CO)C(=O)N[C@@H](Cc2c[nH]c3ccccc23)C(=O)N1C. The number of primary amides is 2. The van der Waals surface area contributed by atoms with Gasteiger partial charge in [-0.15, -0.1) is 11.8 Å². The lowest BCUT2D eigenvalue weighted by Crippen LogP contribution is -2.62. The fraction of sp³-hybridized carbons (Fsp3) is 0.562. The molecule has 21 N–H and O–H groups in total. The van der Waals surface area contributed by atoms with Crippen molar-refractivity contribution in [1.82, 2.24) is 87.6 Å². The van der Waals surface area contributed by atoms with Crippen molar-refractivity contribution in [2.24, 2.45) is 29.0 Å². The van der Waals surface area contributed by atoms with Crippen LogP contribution in [0.2, 0.25) is 0 Å². The molecule has 3 aromatic carbocycles. The Morgan fingerprint density at radius 2 is 1.08 bits per heavy atom. The molecule has 2 aromatic heterocycles. The first kappa shape index (κ1) is 103. The number of fused-ring (bicyclic) bond motifs is 4. The summed E-state index contributed by atoms with van der Waals surface area (Å²) in [5.74, 6) is -18.5. The molecule has 3 saturated heterocycles. The molecule has 710 valence electrons. The number of aliphatic hydroxyl groups excluding tert-OH is 2. The van der Waals surface area contributed by atoms with Crippen molar-refractivity contribution >= 4 is 134 Å². The minimum absolute atomic E-state index is 0.0110. The van der Waals surface area contributed by atoms with E-state index >= 15 is 33.6 Å². The van der Waals surface area contributed by atoms with Crippen molar-refractivity contribution in [3.8, 4) is 5.75 Å². The Hall–Kier alpha value is -12.2. The molecule has 1 unspecified atom stereocenters. The predicted molar refractivity (Wildman–Crippen MR) is 482 cm³/mol. The molecule has 0 bridgehead atoms. The smallest absolute Gasteiger partial charge is 0.246 e. The van der Waals surface area contributed by atoms with E-state index in [1.807, 2.05) is 13.8 Å². The number of likely N-dealkylation sites (N-methyl/N-ethyl adjacent to an activating group) is 3. The van der Waals surface area contributed by atoms with E-state index in [-0.39, 0.29) is 81.9 Å². The highest BCUT2D eigenvalue weighted by Crippen LogP contribution is 2.31. The van der Waals surface area contributed by atoms with Gasteiger partial charge in [-0.1, -0.05) is 123 Å². The number of benzene rings is 3. The molecule has 41 heteroatoms. The summed E-state index contributed by atoms with van der Waals surface area (Å²) < 4.78 is 0. The number of nitrogens with zero attached hydrogens (tertiary/aromatic N) is 5. The number of phenols is 1. The zero-order chi connectivity index (χ0) is 95.7. The van der Waals surface area contributed by atoms with Crippen molar-refractivity contribution in [3.63, 3.8) is 0 Å². The molecule has 0 radical (unpaired) electrons. The van der Waals surface area contributed by atoms with Crippen LogP contribution in [0.25, 0.3) is 21.8 Å². The number of carbonyl (C=O) groups is 17. The Labute approximate surface area is 758 Å². The number of aromatic amines is 2. The summed E-state index contributed by atoms with van der Waals surface area (Å²) in [6, 6.07) is -1.77. The Kier molecular flexibility index (Phi) is 38.4. The molecule has 3 fully saturated rings. The highest BCUT2D eigenvalue weighted by molar-refractivity contribution is 8.00. The average Bonchev–Trinajstić information content (AvgIpc) is 1.60. The molecular formula is C89H128N20O20S. The number of thioether (sulfide) groups is 1. The van der Waals surface area contributed by atoms with Crippen molar-refractivity contribution in [1.29, 1.82) is 0 Å². The molecule has 3 aliphatic heterocycles. The standard InChI is InChI=1S/C89H128N20O20S/c1-12-14-25-68-81(121)97-60(33-47(3)4)78(118)103-67(77(117)95-42-73(92)114)45-130-46-74(115)96-62(35-51-28-30-53(111)31-29-51)85(125)105(9)50(8)76(116)98-64(38-72(91)113)87(127)108-32-20-27-69(108)82(122)101-65(39-90)79(119)99-61(34-48(5)6)88(128)109-43-54(112)37-71(109)83(123)104-75(49(7)57-41-94-59-24-19-17-22-56(57)59)84(124)102-66(44-110)80(120)100-63(36-52-40-93-58-23-18-16-21-55(52)58)86(126)107(11)70(26-15-13-2)89(129)106(68)10/h16-19,21-24,28-31,40-41,47-50,54,60-71,75,93-94,110-112H,12-15,20,25-27,32-39,42-46,90H2,1-11H3,(H2,91,113)(H2,92,114)(H,95,117)(H,96,115)(H,97,121)(H,98,116)(H,99,119)(H,100,120)(H,101,122)(H,102,124)(H,103,118)(H,104,123)/t49-,50-,54+,60-,61-,62-,63-,64-,65-,66-,67-,68-,69-,70-,71?,75-/m0/s1. The molecule has 5 aromatic rings. The number of H-pyrrole nitrogens is 2. The van der Waals surface area contributed by atoms with E-state index in [9.17, 15) is 63.3 Å². The number of amides is 17. The molecule has 8 rings (SSSR count). The van der Waals surface area contributed by atoms with E-state index in [0.717, 1.165) is 31.4 Å². The van der Waals surface area contributed by atoms with Crippen LogP contribution < -0.4 is 70.4 Å². The molecule has 130 heavy (non-hydrogen) atoms. The fourth-order valence-electron chi connectivity index (χ4n) is 16.4. The first-order valence-electron chi connectivity index (χ1n) is 44.1. The van der Waals surface area contributed by atoms with Gasteiger partial charge in [0.1, 0.15) is 90.3 Å². The molecule has 0 spiro atoms. The van der Waals surface area contributed by atoms with Crippen molar-refractivity contribution in [2.75, 3.05) is 65.4 Å². The summed E-state index contributed by atoms with van der Waals surface area (Å²) in [6.07, 6.45) is 2.03. The maximum atomic E-state index is 15.7. The quantitative estimate of drug-likeness (QED) is 0.0350. The number of para-hydroxylation sites is 2. The normalized spacial score (nSPS) is 25.6. The summed E-state index contributed by atoms with van der Waals surface area (Å²) in [4.78, 5) is 260. The third kappa shape index (κ3) is 27.7. The fourth-order valence-corrected chi connectivity index (χ4v) is 17.3. The lowest BCUT2D eigenvalue weighted by atomic mass is 9.91. The number of aromatic nitrogens is 2. The number of hydrogen-bond donors (Lipinski definition) is 18. The average molecular weight is 1830 g/mol. The minimum atomic E-state index is -1.88. The second kappa shape index (κ2) is 48.4. The van der Waals surface area contributed by atoms with E-state index < -0.39 is 241 Å². The molecule has 17 amide bonds. The van der Waals surface area contributed by atoms with E-state index in [2.05, 4.69) is 63.1 Å². The van der Waals surface area contributed by atoms with Crippen molar-refractivity contribution in [3.05, 3.63) is 102 Å². The van der Waals surface area contributed by atoms with Crippen LogP contribution in [0.3, 0.4) is 0 Å². The van der Waals surface area contributed by atoms with Crippen LogP contribution in [0.1, 0.15) is 155 Å². The van der Waals surface area contributed by atoms with Gasteiger partial charge in [0.25, 0.3) is 0 Å². The lowest BCUT2D eigenvalue weighted by Gasteiger charge is -2.36. The van der Waals surface area contributed by atoms with E-state index in [1.54, 1.807) is 95.5 Å². The highest BCUT2D eigenvalue weighted by atomic mass is 32.2. The zero-order valence-corrected chi connectivity index (χ0v) is 76.3. The number of aliphatic hydroxyl groups is 2. The van der Waals surface area contributed by atoms with Gasteiger partial charge in [-0.05, 0) is 98.2 Å². The number of carbonyl (C=O) groups excluding carboxylic acids is 17. The third-order valence-electron chi connectivity index (χ3n) is 23.8. The maximum absolute atomic E-state index is 15.7. The van der Waals surface area contributed by atoms with Gasteiger partial charge in [0, 0.05) is 106 Å². The van der Waals surface area contributed by atoms with Crippen LogP contribution in [-0.4, -0.2) is 306 Å². The number of rotatable bonds is 23. The number of nitrogens with one attached hydrogen (secondary N) is 12. The van der Waals surface area contributed by atoms with E-state index in [0.29, 0.717) is 64.2 Å². The Balaban J connectivity index is 1.19. The van der Waals surface area contributed by atoms with Gasteiger partial charge in [0.05, 0.1) is 31.4 Å². The number of nitrogens with two attached hydrogens (primary N) is 3. The maximum Gasteiger partial charge on any atom is 0.246 e. The first-order chi connectivity index (χ1) is 61.7. The molecule has 5 heterocycles. The predicted octanol–water partition coefficient (Wildman–Crippen LogP) is -1.59. The molecule has 16 atom stereocenters. The monoisotopic (exact) mass is 1830 g/mol. The molecule has 0 aliphatic carbocycles. The number of unbranched alkanes of at least 4 members (excludes halogenated alkanes) is 2. The third-order valence-corrected chi connectivity index (χ3v) is 24.8. The second-order valence-corrected chi connectivity index (χ2v) is 35.5. The number of aromatic hydroxyl groups is 1. The van der Waals surface area contributed by atoms with Gasteiger partial charge < -0.3 is 120 Å². The van der Waals surface area contributed by atoms with Crippen LogP contribution in [0, 0.1) is 11.8 Å². The first-order valence-corrected chi connectivity index (χ1v) is 45.3. The van der Waals surface area contributed by atoms with E-state index in [1.165, 1.54) is 57.2 Å². The summed E-state index contributed by atoms with van der Waals surface area (Å²) in [5, 5.41) is 60.5. The Bertz CT molecular complexity index is 4870. The van der Waals surface area contributed by atoms with Gasteiger partial charge in [0.2, 0.25) is 100 Å². The van der Waals surface area contributed by atoms with Gasteiger partial charge in [0.15, 0.2) is 0 Å². The van der Waals surface area contributed by atoms with Crippen LogP contribution in [0.15, 0.2) is 85.2 Å². The molecule has 40 nitrogen and oxygen atoms in total. The topological polar surface area (TPSA) is 597 Å². The summed E-state index contributed by atoms with van der Waals surface area (Å²) in [7, 11) is 3.96. The highest BCUT2D eigenvalue weighted by Gasteiger charge is 2.47. The Morgan fingerprint density at radius 1 is 0.546 bits per heavy atom. The van der Waals surface area contributed by atoms with Crippen molar-refractivity contribution < 1.29 is 96.8 Å². The summed E-state index contributed by atoms with van der Waals surface area (Å²) in [5.41, 5.74) is 20.0. The molecule has 3 aliphatic rings. The van der Waals surface area contributed by atoms with Gasteiger partial charge in [-0.25, -0.2) is 0 Å². The van der Waals surface area contributed by atoms with Crippen LogP contribution in [0.4, 0.5) is 0 Å². The van der Waals surface area contributed by atoms with Crippen LogP contribution in [0.5, 0.6) is 5.75 Å². The van der Waals surface area contributed by atoms with Crippen LogP contribution in [-0.2, 0) is 94.3 Å². The molecule has 0 saturated carbocycles. The largest absolute Gasteiger partial charge is 0.508 e. The lowest BCUT2D eigenvalue weighted by molar-refractivity contribution is -0.149. The van der Waals surface area contributed by atoms with Gasteiger partial charge >= 0.3 is 0 Å². The number of phenolic OH excluding ortho intramolecular Hbond substituents is 1. The second-order valence-electron chi connectivity index (χ2n) is 34.5. The zero-order valence-electron chi connectivity index (χ0n) is 75.5. The van der Waals surface area contributed by atoms with E-state index in [4.69, 9.17) is 17.2 Å². The van der Waals surface area contributed by atoms with Crippen LogP contribution >= 0.6 is 11.8 Å². The van der Waals surface area contributed by atoms with Crippen molar-refractivity contribution in [2.45, 2.75) is 242 Å². The number of hydrogen-bond acceptors (Lipinski definition) is 22.